The molecule has 0 spiro atoms. The Labute approximate surface area is 70.6 Å². The highest BCUT2D eigenvalue weighted by molar-refractivity contribution is 5.89. The van der Waals surface area contributed by atoms with Gasteiger partial charge in [0, 0.05) is 12.8 Å². The first-order valence-electron chi connectivity index (χ1n) is 3.84. The largest absolute Gasteiger partial charge is 0.481 e. The number of unbranched alkanes of at least 4 members (excludes halogenated alkanes) is 1. The standard InChI is InChI=1S/C8H12O4/c9-6-5-7(10)3-1-2-4-8(11)12/h6H,1-5H2,(H,11,12). The lowest BCUT2D eigenvalue weighted by Crippen LogP contribution is -1.99. The Hall–Kier alpha value is -1.19. The fraction of sp³-hybridized carbons (Fsp3) is 0.625. The molecule has 0 aliphatic rings. The van der Waals surface area contributed by atoms with E-state index in [0.29, 0.717) is 25.5 Å². The molecule has 68 valence electrons. The van der Waals surface area contributed by atoms with Gasteiger partial charge < -0.3 is 9.90 Å². The van der Waals surface area contributed by atoms with E-state index >= 15 is 0 Å². The van der Waals surface area contributed by atoms with E-state index in [0.717, 1.165) is 0 Å². The lowest BCUT2D eigenvalue weighted by atomic mass is 10.1. The highest BCUT2D eigenvalue weighted by atomic mass is 16.4. The molecule has 4 nitrogen and oxygen atoms in total. The van der Waals surface area contributed by atoms with Crippen LogP contribution in [0.1, 0.15) is 32.1 Å². The molecule has 0 aromatic carbocycles. The summed E-state index contributed by atoms with van der Waals surface area (Å²) >= 11 is 0. The lowest BCUT2D eigenvalue weighted by Gasteiger charge is -1.94. The second kappa shape index (κ2) is 6.52. The third-order valence-corrected chi connectivity index (χ3v) is 1.41. The van der Waals surface area contributed by atoms with Crippen molar-refractivity contribution < 1.29 is 19.5 Å². The minimum atomic E-state index is -0.849. The molecule has 0 saturated heterocycles. The van der Waals surface area contributed by atoms with Crippen molar-refractivity contribution in [3.8, 4) is 0 Å². The maximum atomic E-state index is 10.7. The summed E-state index contributed by atoms with van der Waals surface area (Å²) in [5.41, 5.74) is 0. The molecular weight excluding hydrogens is 160 g/mol. The number of carboxylic acid groups (broad SMARTS) is 1. The van der Waals surface area contributed by atoms with E-state index in [9.17, 15) is 14.4 Å². The normalized spacial score (nSPS) is 9.33. The van der Waals surface area contributed by atoms with Gasteiger partial charge in [0.25, 0.3) is 0 Å². The summed E-state index contributed by atoms with van der Waals surface area (Å²) in [6.45, 7) is 0. The average molecular weight is 172 g/mol. The fourth-order valence-electron chi connectivity index (χ4n) is 0.793. The first-order chi connectivity index (χ1) is 5.66. The Balaban J connectivity index is 3.25. The molecule has 0 rings (SSSR count). The molecular formula is C8H12O4. The van der Waals surface area contributed by atoms with Crippen LogP contribution in [0.3, 0.4) is 0 Å². The minimum absolute atomic E-state index is 0.0485. The quantitative estimate of drug-likeness (QED) is 0.350. The highest BCUT2D eigenvalue weighted by Gasteiger charge is 2.01. The zero-order valence-electron chi connectivity index (χ0n) is 6.78. The number of rotatable bonds is 7. The number of aliphatic carboxylic acids is 1. The fourth-order valence-corrected chi connectivity index (χ4v) is 0.793. The summed E-state index contributed by atoms with van der Waals surface area (Å²) in [6.07, 6.45) is 1.98. The summed E-state index contributed by atoms with van der Waals surface area (Å²) in [5.74, 6) is -0.965. The molecule has 0 fully saturated rings. The molecule has 0 bridgehead atoms. The maximum absolute atomic E-state index is 10.7. The predicted molar refractivity (Wildman–Crippen MR) is 41.8 cm³/mol. The van der Waals surface area contributed by atoms with Crippen molar-refractivity contribution in [3.05, 3.63) is 0 Å². The summed E-state index contributed by atoms with van der Waals surface area (Å²) in [6, 6.07) is 0. The third kappa shape index (κ3) is 6.92. The predicted octanol–water partition coefficient (Wildman–Crippen LogP) is 0.789. The summed E-state index contributed by atoms with van der Waals surface area (Å²) in [7, 11) is 0. The van der Waals surface area contributed by atoms with E-state index in [-0.39, 0.29) is 18.6 Å². The molecule has 0 atom stereocenters. The highest BCUT2D eigenvalue weighted by Crippen LogP contribution is 2.01. The van der Waals surface area contributed by atoms with E-state index in [1.54, 1.807) is 0 Å². The van der Waals surface area contributed by atoms with Gasteiger partial charge in [-0.2, -0.15) is 0 Å². The van der Waals surface area contributed by atoms with Gasteiger partial charge in [-0.1, -0.05) is 0 Å². The smallest absolute Gasteiger partial charge is 0.303 e. The zero-order valence-corrected chi connectivity index (χ0v) is 6.78. The van der Waals surface area contributed by atoms with Crippen molar-refractivity contribution in [2.75, 3.05) is 0 Å². The number of carboxylic acids is 1. The van der Waals surface area contributed by atoms with Crippen LogP contribution < -0.4 is 0 Å². The van der Waals surface area contributed by atoms with Crippen molar-refractivity contribution in [2.45, 2.75) is 32.1 Å². The number of ketones is 1. The number of hydrogen-bond donors (Lipinski definition) is 1. The summed E-state index contributed by atoms with van der Waals surface area (Å²) < 4.78 is 0. The molecule has 0 aromatic heterocycles. The van der Waals surface area contributed by atoms with Crippen molar-refractivity contribution in [1.82, 2.24) is 0 Å². The number of aldehydes is 1. The molecule has 0 aliphatic carbocycles. The van der Waals surface area contributed by atoms with Crippen molar-refractivity contribution in [2.24, 2.45) is 0 Å². The zero-order chi connectivity index (χ0) is 9.40. The second-order valence-electron chi connectivity index (χ2n) is 2.51. The van der Waals surface area contributed by atoms with Gasteiger partial charge in [0.05, 0.1) is 6.42 Å². The third-order valence-electron chi connectivity index (χ3n) is 1.41. The van der Waals surface area contributed by atoms with Crippen LogP contribution in [0.25, 0.3) is 0 Å². The lowest BCUT2D eigenvalue weighted by molar-refractivity contribution is -0.137. The Kier molecular flexibility index (Phi) is 5.87. The molecule has 4 heteroatoms. The first kappa shape index (κ1) is 10.8. The molecule has 0 saturated carbocycles. The number of hydrogen-bond acceptors (Lipinski definition) is 3. The molecule has 1 N–H and O–H groups in total. The Morgan fingerprint density at radius 2 is 1.75 bits per heavy atom. The van der Waals surface area contributed by atoms with Gasteiger partial charge in [0.2, 0.25) is 0 Å². The maximum Gasteiger partial charge on any atom is 0.303 e. The van der Waals surface area contributed by atoms with Crippen LogP contribution in [0.2, 0.25) is 0 Å². The van der Waals surface area contributed by atoms with Crippen LogP contribution >= 0.6 is 0 Å². The van der Waals surface area contributed by atoms with Crippen LogP contribution in [0.4, 0.5) is 0 Å². The van der Waals surface area contributed by atoms with E-state index in [2.05, 4.69) is 0 Å². The molecule has 12 heavy (non-hydrogen) atoms. The van der Waals surface area contributed by atoms with Crippen LogP contribution in [0.15, 0.2) is 0 Å². The van der Waals surface area contributed by atoms with Gasteiger partial charge in [-0.05, 0) is 12.8 Å². The van der Waals surface area contributed by atoms with Gasteiger partial charge in [-0.15, -0.1) is 0 Å². The van der Waals surface area contributed by atoms with Crippen molar-refractivity contribution in [1.29, 1.82) is 0 Å². The molecule has 0 unspecified atom stereocenters. The number of Topliss-reactive ketones (excluding diaryl/α,β-unsaturated/α-hetero) is 1. The second-order valence-corrected chi connectivity index (χ2v) is 2.51. The van der Waals surface area contributed by atoms with E-state index in [1.165, 1.54) is 0 Å². The first-order valence-corrected chi connectivity index (χ1v) is 3.84. The monoisotopic (exact) mass is 172 g/mol. The molecule has 0 amide bonds. The summed E-state index contributed by atoms with van der Waals surface area (Å²) in [5, 5.41) is 8.24. The molecule has 0 aliphatic heterocycles. The van der Waals surface area contributed by atoms with Crippen LogP contribution in [0.5, 0.6) is 0 Å². The topological polar surface area (TPSA) is 71.4 Å². The van der Waals surface area contributed by atoms with Gasteiger partial charge in [0.15, 0.2) is 0 Å². The Morgan fingerprint density at radius 3 is 2.25 bits per heavy atom. The Morgan fingerprint density at radius 1 is 1.17 bits per heavy atom. The van der Waals surface area contributed by atoms with Crippen LogP contribution in [0, 0.1) is 0 Å². The van der Waals surface area contributed by atoms with Crippen LogP contribution in [-0.2, 0) is 14.4 Å². The number of carbonyl (C=O) groups is 3. The SMILES string of the molecule is O=CCC(=O)CCCCC(=O)O. The molecule has 0 radical (unpaired) electrons. The Bertz CT molecular complexity index is 174. The van der Waals surface area contributed by atoms with Crippen molar-refractivity contribution >= 4 is 18.0 Å². The van der Waals surface area contributed by atoms with E-state index in [4.69, 9.17) is 5.11 Å². The molecule has 0 aromatic rings. The van der Waals surface area contributed by atoms with Crippen molar-refractivity contribution in [3.63, 3.8) is 0 Å². The minimum Gasteiger partial charge on any atom is -0.481 e. The van der Waals surface area contributed by atoms with Gasteiger partial charge >= 0.3 is 5.97 Å². The van der Waals surface area contributed by atoms with Crippen LogP contribution in [-0.4, -0.2) is 23.1 Å². The average Bonchev–Trinajstić information content (AvgIpc) is 1.98. The summed E-state index contributed by atoms with van der Waals surface area (Å²) in [4.78, 5) is 30.6. The molecule has 0 heterocycles. The number of carbonyl (C=O) groups excluding carboxylic acids is 2. The van der Waals surface area contributed by atoms with E-state index < -0.39 is 5.97 Å². The van der Waals surface area contributed by atoms with Gasteiger partial charge in [0.1, 0.15) is 12.1 Å². The van der Waals surface area contributed by atoms with E-state index in [1.807, 2.05) is 0 Å². The van der Waals surface area contributed by atoms with Gasteiger partial charge in [-0.25, -0.2) is 0 Å². The van der Waals surface area contributed by atoms with Gasteiger partial charge in [-0.3, -0.25) is 9.59 Å².